The summed E-state index contributed by atoms with van der Waals surface area (Å²) in [6, 6.07) is 7.87. The molecule has 0 saturated heterocycles. The highest BCUT2D eigenvalue weighted by Crippen LogP contribution is 2.30. The molecule has 0 aliphatic rings. The molecule has 0 radical (unpaired) electrons. The number of aryl methyl sites for hydroxylation is 2. The van der Waals surface area contributed by atoms with Crippen molar-refractivity contribution in [2.45, 2.75) is 13.8 Å². The standard InChI is InChI=1S/C21H18O6/c1-11-8-14-17(9-12(11)2)27-21(25)19(20(14)24)16(23)7-5-13-4-6-15(22)18(10-13)26-3/h4-10,22,24H,1-3H3/b7-5+. The zero-order valence-electron chi connectivity index (χ0n) is 15.1. The number of allylic oxidation sites excluding steroid dienone is 1. The average molecular weight is 366 g/mol. The van der Waals surface area contributed by atoms with Gasteiger partial charge in [0, 0.05) is 0 Å². The van der Waals surface area contributed by atoms with Crippen LogP contribution in [0.25, 0.3) is 17.0 Å². The third-order valence-electron chi connectivity index (χ3n) is 4.37. The van der Waals surface area contributed by atoms with Gasteiger partial charge in [0.25, 0.3) is 0 Å². The van der Waals surface area contributed by atoms with Crippen LogP contribution in [0.5, 0.6) is 17.2 Å². The normalized spacial score (nSPS) is 11.2. The number of ether oxygens (including phenoxy) is 1. The maximum Gasteiger partial charge on any atom is 0.351 e. The van der Waals surface area contributed by atoms with Crippen LogP contribution in [0.4, 0.5) is 0 Å². The molecule has 2 N–H and O–H groups in total. The second-order valence-corrected chi connectivity index (χ2v) is 6.17. The smallest absolute Gasteiger partial charge is 0.351 e. The van der Waals surface area contributed by atoms with E-state index in [2.05, 4.69) is 0 Å². The third kappa shape index (κ3) is 3.42. The van der Waals surface area contributed by atoms with Crippen LogP contribution in [0.2, 0.25) is 0 Å². The van der Waals surface area contributed by atoms with E-state index in [0.717, 1.165) is 17.2 Å². The number of hydrogen-bond acceptors (Lipinski definition) is 6. The summed E-state index contributed by atoms with van der Waals surface area (Å²) in [7, 11) is 1.41. The highest BCUT2D eigenvalue weighted by Gasteiger charge is 2.19. The number of aromatic hydroxyl groups is 2. The lowest BCUT2D eigenvalue weighted by Gasteiger charge is -2.07. The zero-order chi connectivity index (χ0) is 19.7. The summed E-state index contributed by atoms with van der Waals surface area (Å²) < 4.78 is 10.2. The average Bonchev–Trinajstić information content (AvgIpc) is 2.63. The van der Waals surface area contributed by atoms with Gasteiger partial charge in [-0.25, -0.2) is 4.79 Å². The summed E-state index contributed by atoms with van der Waals surface area (Å²) in [5.74, 6) is -0.862. The number of carbonyl (C=O) groups is 1. The number of ketones is 1. The maximum atomic E-state index is 12.5. The summed E-state index contributed by atoms with van der Waals surface area (Å²) in [6.45, 7) is 3.72. The van der Waals surface area contributed by atoms with Crippen molar-refractivity contribution >= 4 is 22.8 Å². The van der Waals surface area contributed by atoms with Crippen molar-refractivity contribution in [3.63, 3.8) is 0 Å². The van der Waals surface area contributed by atoms with Gasteiger partial charge in [0.2, 0.25) is 0 Å². The lowest BCUT2D eigenvalue weighted by Crippen LogP contribution is -2.13. The van der Waals surface area contributed by atoms with E-state index in [1.54, 1.807) is 18.2 Å². The van der Waals surface area contributed by atoms with Gasteiger partial charge < -0.3 is 19.4 Å². The summed E-state index contributed by atoms with van der Waals surface area (Å²) in [5, 5.41) is 20.4. The summed E-state index contributed by atoms with van der Waals surface area (Å²) >= 11 is 0. The fourth-order valence-corrected chi connectivity index (χ4v) is 2.71. The lowest BCUT2D eigenvalue weighted by molar-refractivity contribution is 0.104. The number of benzene rings is 2. The van der Waals surface area contributed by atoms with Crippen molar-refractivity contribution in [2.24, 2.45) is 0 Å². The van der Waals surface area contributed by atoms with Gasteiger partial charge in [0.15, 0.2) is 17.3 Å². The Morgan fingerprint density at radius 1 is 1.11 bits per heavy atom. The van der Waals surface area contributed by atoms with E-state index < -0.39 is 22.7 Å². The van der Waals surface area contributed by atoms with E-state index in [1.165, 1.54) is 25.3 Å². The van der Waals surface area contributed by atoms with Gasteiger partial charge in [0.1, 0.15) is 16.9 Å². The minimum Gasteiger partial charge on any atom is -0.506 e. The molecule has 3 aromatic rings. The monoisotopic (exact) mass is 366 g/mol. The number of phenolic OH excluding ortho intramolecular Hbond substituents is 1. The van der Waals surface area contributed by atoms with Gasteiger partial charge in [-0.3, -0.25) is 4.79 Å². The molecule has 6 heteroatoms. The molecule has 138 valence electrons. The molecule has 0 atom stereocenters. The summed E-state index contributed by atoms with van der Waals surface area (Å²) in [4.78, 5) is 24.7. The van der Waals surface area contributed by atoms with Crippen LogP contribution in [-0.4, -0.2) is 23.1 Å². The molecule has 0 unspecified atom stereocenters. The van der Waals surface area contributed by atoms with E-state index in [1.807, 2.05) is 13.8 Å². The second-order valence-electron chi connectivity index (χ2n) is 6.17. The molecule has 2 aromatic carbocycles. The number of methoxy groups -OCH3 is 1. The quantitative estimate of drug-likeness (QED) is 0.415. The Morgan fingerprint density at radius 3 is 2.52 bits per heavy atom. The Balaban J connectivity index is 2.03. The van der Waals surface area contributed by atoms with Crippen molar-refractivity contribution in [3.05, 3.63) is 69.1 Å². The van der Waals surface area contributed by atoms with Crippen LogP contribution in [0.3, 0.4) is 0 Å². The number of fused-ring (bicyclic) bond motifs is 1. The van der Waals surface area contributed by atoms with Crippen LogP contribution in [0, 0.1) is 13.8 Å². The van der Waals surface area contributed by atoms with Crippen LogP contribution in [-0.2, 0) is 0 Å². The van der Waals surface area contributed by atoms with E-state index in [-0.39, 0.29) is 17.1 Å². The predicted octanol–water partition coefficient (Wildman–Crippen LogP) is 3.73. The molecule has 1 aromatic heterocycles. The topological polar surface area (TPSA) is 97.0 Å². The molecule has 0 aliphatic heterocycles. The van der Waals surface area contributed by atoms with Crippen molar-refractivity contribution in [2.75, 3.05) is 7.11 Å². The molecular weight excluding hydrogens is 348 g/mol. The number of carbonyl (C=O) groups excluding carboxylic acids is 1. The fourth-order valence-electron chi connectivity index (χ4n) is 2.71. The van der Waals surface area contributed by atoms with Crippen molar-refractivity contribution < 1.29 is 24.2 Å². The van der Waals surface area contributed by atoms with Crippen LogP contribution < -0.4 is 10.4 Å². The van der Waals surface area contributed by atoms with Gasteiger partial charge in [-0.15, -0.1) is 0 Å². The van der Waals surface area contributed by atoms with Crippen molar-refractivity contribution in [1.82, 2.24) is 0 Å². The molecule has 0 saturated carbocycles. The summed E-state index contributed by atoms with van der Waals surface area (Å²) in [5.41, 5.74) is 1.29. The SMILES string of the molecule is COc1cc(/C=C/C(=O)c2c(O)c3cc(C)c(C)cc3oc2=O)ccc1O. The molecule has 1 heterocycles. The van der Waals surface area contributed by atoms with Crippen molar-refractivity contribution in [1.29, 1.82) is 0 Å². The van der Waals surface area contributed by atoms with Crippen LogP contribution in [0.1, 0.15) is 27.0 Å². The molecule has 0 fully saturated rings. The Morgan fingerprint density at radius 2 is 1.81 bits per heavy atom. The number of rotatable bonds is 4. The highest BCUT2D eigenvalue weighted by molar-refractivity contribution is 6.10. The second kappa shape index (κ2) is 6.99. The predicted molar refractivity (Wildman–Crippen MR) is 102 cm³/mol. The highest BCUT2D eigenvalue weighted by atomic mass is 16.5. The maximum absolute atomic E-state index is 12.5. The largest absolute Gasteiger partial charge is 0.506 e. The molecule has 27 heavy (non-hydrogen) atoms. The first-order valence-electron chi connectivity index (χ1n) is 8.18. The van der Waals surface area contributed by atoms with Crippen LogP contribution in [0.15, 0.2) is 45.6 Å². The minimum absolute atomic E-state index is 0.0283. The van der Waals surface area contributed by atoms with Crippen LogP contribution >= 0.6 is 0 Å². The Hall–Kier alpha value is -3.54. The molecule has 0 amide bonds. The van der Waals surface area contributed by atoms with Gasteiger partial charge in [0.05, 0.1) is 12.5 Å². The third-order valence-corrected chi connectivity index (χ3v) is 4.37. The van der Waals surface area contributed by atoms with E-state index in [4.69, 9.17) is 9.15 Å². The Labute approximate surface area is 155 Å². The molecule has 0 spiro atoms. The van der Waals surface area contributed by atoms with E-state index in [9.17, 15) is 19.8 Å². The van der Waals surface area contributed by atoms with Crippen molar-refractivity contribution in [3.8, 4) is 17.2 Å². The number of phenols is 1. The number of hydrogen-bond donors (Lipinski definition) is 2. The molecule has 6 nitrogen and oxygen atoms in total. The first-order valence-corrected chi connectivity index (χ1v) is 8.18. The molecule has 3 rings (SSSR count). The fraction of sp³-hybridized carbons (Fsp3) is 0.143. The van der Waals surface area contributed by atoms with Gasteiger partial charge in [-0.2, -0.15) is 0 Å². The molecular formula is C21H18O6. The molecule has 0 aliphatic carbocycles. The van der Waals surface area contributed by atoms with Gasteiger partial charge in [-0.05, 0) is 60.9 Å². The first-order chi connectivity index (χ1) is 12.8. The Kier molecular flexibility index (Phi) is 4.73. The first kappa shape index (κ1) is 18.3. The Bertz CT molecular complexity index is 1140. The minimum atomic E-state index is -0.902. The summed E-state index contributed by atoms with van der Waals surface area (Å²) in [6.07, 6.45) is 2.61. The van der Waals surface area contributed by atoms with Gasteiger partial charge >= 0.3 is 5.63 Å². The van der Waals surface area contributed by atoms with E-state index in [0.29, 0.717) is 10.9 Å². The van der Waals surface area contributed by atoms with E-state index >= 15 is 0 Å². The lowest BCUT2D eigenvalue weighted by atomic mass is 10.0. The van der Waals surface area contributed by atoms with Gasteiger partial charge in [-0.1, -0.05) is 12.1 Å². The molecule has 0 bridgehead atoms. The zero-order valence-corrected chi connectivity index (χ0v) is 15.1.